The van der Waals surface area contributed by atoms with Crippen LogP contribution in [-0.2, 0) is 11.0 Å². The smallest absolute Gasteiger partial charge is 0.416 e. The van der Waals surface area contributed by atoms with Crippen molar-refractivity contribution in [3.8, 4) is 11.5 Å². The fraction of sp³-hybridized carbons (Fsp3) is 0.444. The Morgan fingerprint density at radius 1 is 1.15 bits per heavy atom. The van der Waals surface area contributed by atoms with Crippen molar-refractivity contribution in [2.45, 2.75) is 44.4 Å². The van der Waals surface area contributed by atoms with Gasteiger partial charge >= 0.3 is 6.18 Å². The van der Waals surface area contributed by atoms with Crippen LogP contribution in [0.3, 0.4) is 0 Å². The summed E-state index contributed by atoms with van der Waals surface area (Å²) in [5.41, 5.74) is 12.0. The standard InChI is InChI=1S/C27H32F4N6O3.ClH/c1-4-5-17-14-36(21(38)13-19(32)15-6-8-16(9-7-15)27(29,30)31)10-11-37(17)26-34-23-18(25(33)35-26)12-20(39-2)24(40-3)22(23)28;/h6-9,12,17,19H,4-5,10-11,13-14,32H2,1-3H3,(H2,33,34,35);1H. The molecule has 1 aromatic heterocycles. The number of methoxy groups -OCH3 is 2. The number of nitrogens with two attached hydrogens (primary N) is 2. The second kappa shape index (κ2) is 12.9. The first-order valence-electron chi connectivity index (χ1n) is 12.8. The van der Waals surface area contributed by atoms with Crippen molar-refractivity contribution in [3.05, 3.63) is 47.3 Å². The van der Waals surface area contributed by atoms with Gasteiger partial charge in [-0.1, -0.05) is 25.5 Å². The molecule has 1 amide bonds. The fourth-order valence-corrected chi connectivity index (χ4v) is 4.95. The van der Waals surface area contributed by atoms with Gasteiger partial charge in [-0.3, -0.25) is 4.79 Å². The van der Waals surface area contributed by atoms with Crippen LogP contribution in [0.1, 0.15) is 43.4 Å². The Morgan fingerprint density at radius 3 is 2.41 bits per heavy atom. The monoisotopic (exact) mass is 600 g/mol. The van der Waals surface area contributed by atoms with E-state index in [-0.39, 0.29) is 64.9 Å². The third kappa shape index (κ3) is 6.67. The van der Waals surface area contributed by atoms with Gasteiger partial charge in [0.2, 0.25) is 11.9 Å². The number of carbonyl (C=O) groups is 1. The van der Waals surface area contributed by atoms with Crippen LogP contribution in [0, 0.1) is 5.82 Å². The van der Waals surface area contributed by atoms with Gasteiger partial charge in [0.15, 0.2) is 17.3 Å². The van der Waals surface area contributed by atoms with E-state index < -0.39 is 23.6 Å². The van der Waals surface area contributed by atoms with E-state index >= 15 is 4.39 Å². The third-order valence-corrected chi connectivity index (χ3v) is 7.07. The molecule has 0 aliphatic carbocycles. The largest absolute Gasteiger partial charge is 0.493 e. The van der Waals surface area contributed by atoms with Gasteiger partial charge in [-0.05, 0) is 30.2 Å². The van der Waals surface area contributed by atoms with Crippen molar-refractivity contribution in [2.24, 2.45) is 5.73 Å². The van der Waals surface area contributed by atoms with Gasteiger partial charge in [-0.15, -0.1) is 12.4 Å². The van der Waals surface area contributed by atoms with Crippen LogP contribution >= 0.6 is 12.4 Å². The summed E-state index contributed by atoms with van der Waals surface area (Å²) in [7, 11) is 2.72. The summed E-state index contributed by atoms with van der Waals surface area (Å²) in [6.07, 6.45) is -3.01. The first kappa shape index (κ1) is 31.9. The van der Waals surface area contributed by atoms with Crippen molar-refractivity contribution in [1.29, 1.82) is 0 Å². The second-order valence-corrected chi connectivity index (χ2v) is 9.64. The van der Waals surface area contributed by atoms with Crippen molar-refractivity contribution in [2.75, 3.05) is 44.5 Å². The molecule has 0 saturated carbocycles. The highest BCUT2D eigenvalue weighted by atomic mass is 35.5. The van der Waals surface area contributed by atoms with Gasteiger partial charge in [-0.2, -0.15) is 18.2 Å². The highest BCUT2D eigenvalue weighted by Crippen LogP contribution is 2.38. The van der Waals surface area contributed by atoms with Crippen LogP contribution < -0.4 is 25.8 Å². The quantitative estimate of drug-likeness (QED) is 0.357. The number of aromatic nitrogens is 2. The highest BCUT2D eigenvalue weighted by Gasteiger charge is 2.33. The van der Waals surface area contributed by atoms with Gasteiger partial charge < -0.3 is 30.7 Å². The summed E-state index contributed by atoms with van der Waals surface area (Å²) in [6.45, 7) is 3.05. The number of fused-ring (bicyclic) bond motifs is 1. The molecule has 1 aliphatic rings. The van der Waals surface area contributed by atoms with E-state index in [4.69, 9.17) is 20.9 Å². The molecule has 4 rings (SSSR count). The van der Waals surface area contributed by atoms with E-state index in [0.29, 0.717) is 31.6 Å². The molecular formula is C27H33ClF4N6O3. The van der Waals surface area contributed by atoms with Gasteiger partial charge in [-0.25, -0.2) is 9.37 Å². The number of nitrogen functional groups attached to an aromatic ring is 1. The molecule has 2 unspecified atom stereocenters. The van der Waals surface area contributed by atoms with Crippen LogP contribution in [0.4, 0.5) is 29.3 Å². The summed E-state index contributed by atoms with van der Waals surface area (Å²) in [6, 6.07) is 5.10. The number of carbonyl (C=O) groups excluding carboxylic acids is 1. The molecule has 41 heavy (non-hydrogen) atoms. The lowest BCUT2D eigenvalue weighted by atomic mass is 10.0. The van der Waals surface area contributed by atoms with Gasteiger partial charge in [0.25, 0.3) is 0 Å². The van der Waals surface area contributed by atoms with Gasteiger partial charge in [0.1, 0.15) is 11.3 Å². The molecule has 0 spiro atoms. The third-order valence-electron chi connectivity index (χ3n) is 7.07. The zero-order chi connectivity index (χ0) is 29.2. The molecule has 224 valence electrons. The van der Waals surface area contributed by atoms with Crippen LogP contribution in [0.25, 0.3) is 10.9 Å². The molecule has 2 heterocycles. The lowest BCUT2D eigenvalue weighted by Gasteiger charge is -2.42. The molecule has 3 aromatic rings. The summed E-state index contributed by atoms with van der Waals surface area (Å²) >= 11 is 0. The molecule has 2 atom stereocenters. The van der Waals surface area contributed by atoms with Gasteiger partial charge in [0, 0.05) is 43.5 Å². The summed E-state index contributed by atoms with van der Waals surface area (Å²) in [5, 5.41) is 0.289. The summed E-state index contributed by atoms with van der Waals surface area (Å²) < 4.78 is 64.3. The normalized spacial score (nSPS) is 16.3. The van der Waals surface area contributed by atoms with Crippen molar-refractivity contribution >= 4 is 41.0 Å². The lowest BCUT2D eigenvalue weighted by Crippen LogP contribution is -2.55. The first-order valence-corrected chi connectivity index (χ1v) is 12.8. The molecule has 9 nitrogen and oxygen atoms in total. The summed E-state index contributed by atoms with van der Waals surface area (Å²) in [4.78, 5) is 25.6. The SMILES string of the molecule is CCCC1CN(C(=O)CC(N)c2ccc(C(F)(F)F)cc2)CCN1c1nc(N)c2cc(OC)c(OC)c(F)c2n1.Cl. The number of hydrogen-bond donors (Lipinski definition) is 2. The Balaban J connectivity index is 0.00000462. The minimum absolute atomic E-state index is 0. The highest BCUT2D eigenvalue weighted by molar-refractivity contribution is 5.92. The number of alkyl halides is 3. The zero-order valence-corrected chi connectivity index (χ0v) is 23.7. The van der Waals surface area contributed by atoms with E-state index in [1.54, 1.807) is 4.90 Å². The average molecular weight is 601 g/mol. The maximum Gasteiger partial charge on any atom is 0.416 e. The number of halogens is 5. The van der Waals surface area contributed by atoms with E-state index in [0.717, 1.165) is 18.6 Å². The maximum absolute atomic E-state index is 15.3. The van der Waals surface area contributed by atoms with Crippen LogP contribution in [0.15, 0.2) is 30.3 Å². The van der Waals surface area contributed by atoms with Crippen molar-refractivity contribution in [1.82, 2.24) is 14.9 Å². The fourth-order valence-electron chi connectivity index (χ4n) is 4.95. The number of ether oxygens (including phenoxy) is 2. The Morgan fingerprint density at radius 2 is 1.83 bits per heavy atom. The van der Waals surface area contributed by atoms with E-state index in [1.807, 2.05) is 11.8 Å². The van der Waals surface area contributed by atoms with Crippen LogP contribution in [0.5, 0.6) is 11.5 Å². The number of hydrogen-bond acceptors (Lipinski definition) is 8. The molecule has 0 radical (unpaired) electrons. The van der Waals surface area contributed by atoms with Crippen molar-refractivity contribution < 1.29 is 31.8 Å². The number of benzene rings is 2. The minimum Gasteiger partial charge on any atom is -0.493 e. The van der Waals surface area contributed by atoms with E-state index in [1.165, 1.54) is 32.4 Å². The minimum atomic E-state index is -4.45. The zero-order valence-electron chi connectivity index (χ0n) is 22.9. The topological polar surface area (TPSA) is 120 Å². The molecule has 4 N–H and O–H groups in total. The average Bonchev–Trinajstić information content (AvgIpc) is 2.92. The Bertz CT molecular complexity index is 1380. The van der Waals surface area contributed by atoms with Crippen LogP contribution in [-0.4, -0.2) is 60.7 Å². The molecule has 14 heteroatoms. The van der Waals surface area contributed by atoms with E-state index in [2.05, 4.69) is 9.97 Å². The number of piperazine rings is 1. The molecule has 0 bridgehead atoms. The second-order valence-electron chi connectivity index (χ2n) is 9.64. The first-order chi connectivity index (χ1) is 19.0. The molecule has 2 aromatic carbocycles. The predicted octanol–water partition coefficient (Wildman–Crippen LogP) is 4.72. The van der Waals surface area contributed by atoms with Crippen LogP contribution in [0.2, 0.25) is 0 Å². The number of amides is 1. The number of nitrogens with zero attached hydrogens (tertiary/aromatic N) is 4. The Labute approximate surface area is 241 Å². The molecule has 1 fully saturated rings. The number of anilines is 2. The van der Waals surface area contributed by atoms with Crippen molar-refractivity contribution in [3.63, 3.8) is 0 Å². The predicted molar refractivity (Wildman–Crippen MR) is 150 cm³/mol. The molecule has 1 aliphatic heterocycles. The Hall–Kier alpha value is -3.58. The maximum atomic E-state index is 15.3. The lowest BCUT2D eigenvalue weighted by molar-refractivity contribution is -0.137. The molecular weight excluding hydrogens is 568 g/mol. The Kier molecular flexibility index (Phi) is 10.1. The van der Waals surface area contributed by atoms with Gasteiger partial charge in [0.05, 0.1) is 19.8 Å². The van der Waals surface area contributed by atoms with E-state index in [9.17, 15) is 18.0 Å². The summed E-state index contributed by atoms with van der Waals surface area (Å²) in [5.74, 6) is -0.537. The number of rotatable bonds is 8. The molecule has 1 saturated heterocycles.